The van der Waals surface area contributed by atoms with Crippen LogP contribution in [-0.2, 0) is 6.54 Å². The number of ether oxygens (including phenoxy) is 1. The maximum atomic E-state index is 12.9. The minimum atomic E-state index is -0.313. The van der Waals surface area contributed by atoms with Crippen LogP contribution in [0.5, 0.6) is 5.88 Å². The van der Waals surface area contributed by atoms with Crippen molar-refractivity contribution < 1.29 is 9.53 Å². The Morgan fingerprint density at radius 1 is 1.11 bits per heavy atom. The van der Waals surface area contributed by atoms with Crippen molar-refractivity contribution in [3.8, 4) is 5.88 Å². The van der Waals surface area contributed by atoms with Gasteiger partial charge in [0.2, 0.25) is 11.8 Å². The Morgan fingerprint density at radius 3 is 2.70 bits per heavy atom. The van der Waals surface area contributed by atoms with Crippen LogP contribution in [0.1, 0.15) is 23.8 Å². The van der Waals surface area contributed by atoms with Crippen molar-refractivity contribution in [2.45, 2.75) is 19.9 Å². The number of carbonyl (C=O) groups is 1. The fourth-order valence-corrected chi connectivity index (χ4v) is 3.23. The third kappa shape index (κ3) is 3.10. The SMILES string of the molecule is CCCn1c(NC(=O)c2cc3ccccc3c(OC)n2)nc2ccccc21. The number of anilines is 1. The van der Waals surface area contributed by atoms with Crippen LogP contribution in [-0.4, -0.2) is 27.6 Å². The molecule has 0 saturated carbocycles. The highest BCUT2D eigenvalue weighted by Gasteiger charge is 2.17. The van der Waals surface area contributed by atoms with Gasteiger partial charge in [-0.3, -0.25) is 10.1 Å². The summed E-state index contributed by atoms with van der Waals surface area (Å²) in [5.41, 5.74) is 2.14. The normalized spacial score (nSPS) is 11.0. The summed E-state index contributed by atoms with van der Waals surface area (Å²) >= 11 is 0. The first-order valence-corrected chi connectivity index (χ1v) is 8.91. The van der Waals surface area contributed by atoms with Gasteiger partial charge in [-0.15, -0.1) is 0 Å². The van der Waals surface area contributed by atoms with Crippen LogP contribution in [0.4, 0.5) is 5.95 Å². The second-order valence-electron chi connectivity index (χ2n) is 6.27. The van der Waals surface area contributed by atoms with Gasteiger partial charge < -0.3 is 9.30 Å². The zero-order chi connectivity index (χ0) is 18.8. The minimum Gasteiger partial charge on any atom is -0.481 e. The minimum absolute atomic E-state index is 0.292. The number of benzene rings is 2. The van der Waals surface area contributed by atoms with Crippen LogP contribution in [0.15, 0.2) is 54.6 Å². The molecule has 0 aliphatic rings. The zero-order valence-electron chi connectivity index (χ0n) is 15.3. The molecule has 1 N–H and O–H groups in total. The average Bonchev–Trinajstić information content (AvgIpc) is 3.04. The summed E-state index contributed by atoms with van der Waals surface area (Å²) in [6.07, 6.45) is 0.936. The summed E-state index contributed by atoms with van der Waals surface area (Å²) in [4.78, 5) is 21.8. The molecule has 0 unspecified atom stereocenters. The van der Waals surface area contributed by atoms with Crippen molar-refractivity contribution in [2.75, 3.05) is 12.4 Å². The number of nitrogens with zero attached hydrogens (tertiary/aromatic N) is 3. The predicted octanol–water partition coefficient (Wildman–Crippen LogP) is 4.26. The molecule has 2 aromatic heterocycles. The Balaban J connectivity index is 1.73. The maximum absolute atomic E-state index is 12.9. The van der Waals surface area contributed by atoms with Crippen molar-refractivity contribution in [3.63, 3.8) is 0 Å². The van der Waals surface area contributed by atoms with Gasteiger partial charge in [-0.25, -0.2) is 9.97 Å². The van der Waals surface area contributed by atoms with E-state index < -0.39 is 0 Å². The van der Waals surface area contributed by atoms with Crippen molar-refractivity contribution >= 4 is 33.7 Å². The number of methoxy groups -OCH3 is 1. The summed E-state index contributed by atoms with van der Waals surface area (Å²) in [5, 5.41) is 4.68. The largest absolute Gasteiger partial charge is 0.481 e. The molecule has 4 aromatic rings. The number of fused-ring (bicyclic) bond motifs is 2. The molecule has 0 saturated heterocycles. The highest BCUT2D eigenvalue weighted by molar-refractivity contribution is 6.05. The number of para-hydroxylation sites is 2. The van der Waals surface area contributed by atoms with E-state index in [0.717, 1.165) is 34.8 Å². The molecular weight excluding hydrogens is 340 g/mol. The lowest BCUT2D eigenvalue weighted by atomic mass is 10.1. The molecular formula is C21H20N4O2. The summed E-state index contributed by atoms with van der Waals surface area (Å²) in [5.74, 6) is 0.643. The second-order valence-corrected chi connectivity index (χ2v) is 6.27. The third-order valence-corrected chi connectivity index (χ3v) is 4.46. The smallest absolute Gasteiger partial charge is 0.276 e. The molecule has 0 aliphatic carbocycles. The van der Waals surface area contributed by atoms with Crippen LogP contribution in [0.2, 0.25) is 0 Å². The van der Waals surface area contributed by atoms with E-state index in [4.69, 9.17) is 4.74 Å². The van der Waals surface area contributed by atoms with E-state index in [2.05, 4.69) is 22.2 Å². The molecule has 6 heteroatoms. The Bertz CT molecular complexity index is 1130. The average molecular weight is 360 g/mol. The molecule has 4 rings (SSSR count). The molecule has 6 nitrogen and oxygen atoms in total. The molecule has 27 heavy (non-hydrogen) atoms. The molecule has 2 aromatic carbocycles. The number of rotatable bonds is 5. The Labute approximate surface area is 156 Å². The number of amides is 1. The molecule has 0 aliphatic heterocycles. The third-order valence-electron chi connectivity index (χ3n) is 4.46. The molecule has 2 heterocycles. The van der Waals surface area contributed by atoms with Crippen LogP contribution in [0.25, 0.3) is 21.8 Å². The van der Waals surface area contributed by atoms with Gasteiger partial charge in [0.15, 0.2) is 0 Å². The summed E-state index contributed by atoms with van der Waals surface area (Å²) in [6.45, 7) is 2.86. The van der Waals surface area contributed by atoms with Crippen molar-refractivity contribution in [2.24, 2.45) is 0 Å². The maximum Gasteiger partial charge on any atom is 0.276 e. The lowest BCUT2D eigenvalue weighted by molar-refractivity contribution is 0.102. The number of aromatic nitrogens is 3. The fourth-order valence-electron chi connectivity index (χ4n) is 3.23. The topological polar surface area (TPSA) is 69.0 Å². The van der Waals surface area contributed by atoms with E-state index in [0.29, 0.717) is 17.5 Å². The summed E-state index contributed by atoms with van der Waals surface area (Å²) in [6, 6.07) is 17.3. The quantitative estimate of drug-likeness (QED) is 0.577. The number of hydrogen-bond acceptors (Lipinski definition) is 4. The van der Waals surface area contributed by atoms with Gasteiger partial charge in [0.25, 0.3) is 5.91 Å². The van der Waals surface area contributed by atoms with Gasteiger partial charge in [0.1, 0.15) is 5.69 Å². The highest BCUT2D eigenvalue weighted by Crippen LogP contribution is 2.25. The second kappa shape index (κ2) is 7.07. The van der Waals surface area contributed by atoms with E-state index in [1.54, 1.807) is 13.2 Å². The van der Waals surface area contributed by atoms with Gasteiger partial charge in [0, 0.05) is 11.9 Å². The molecule has 0 fully saturated rings. The van der Waals surface area contributed by atoms with Crippen molar-refractivity contribution in [3.05, 3.63) is 60.3 Å². The molecule has 0 radical (unpaired) electrons. The van der Waals surface area contributed by atoms with E-state index in [9.17, 15) is 4.79 Å². The molecule has 0 spiro atoms. The Morgan fingerprint density at radius 2 is 1.89 bits per heavy atom. The van der Waals surface area contributed by atoms with E-state index >= 15 is 0 Å². The number of imidazole rings is 1. The standard InChI is InChI=1S/C21H20N4O2/c1-3-12-25-18-11-7-6-10-16(18)23-21(25)24-19(26)17-13-14-8-4-5-9-15(14)20(22-17)27-2/h4-11,13H,3,12H2,1-2H3,(H,23,24,26). The molecule has 1 amide bonds. The van der Waals surface area contributed by atoms with Crippen LogP contribution >= 0.6 is 0 Å². The summed E-state index contributed by atoms with van der Waals surface area (Å²) < 4.78 is 7.39. The Kier molecular flexibility index (Phi) is 4.46. The van der Waals surface area contributed by atoms with E-state index in [-0.39, 0.29) is 5.91 Å². The molecule has 136 valence electrons. The first-order valence-electron chi connectivity index (χ1n) is 8.91. The molecule has 0 bridgehead atoms. The lowest BCUT2D eigenvalue weighted by Crippen LogP contribution is -2.17. The van der Waals surface area contributed by atoms with Crippen LogP contribution < -0.4 is 10.1 Å². The zero-order valence-corrected chi connectivity index (χ0v) is 15.3. The van der Waals surface area contributed by atoms with Gasteiger partial charge in [0.05, 0.1) is 18.1 Å². The monoisotopic (exact) mass is 360 g/mol. The van der Waals surface area contributed by atoms with E-state index in [1.165, 1.54) is 0 Å². The van der Waals surface area contributed by atoms with Crippen molar-refractivity contribution in [1.29, 1.82) is 0 Å². The Hall–Kier alpha value is -3.41. The number of nitrogens with one attached hydrogen (secondary N) is 1. The first kappa shape index (κ1) is 17.0. The number of aryl methyl sites for hydroxylation is 1. The lowest BCUT2D eigenvalue weighted by Gasteiger charge is -2.10. The summed E-state index contributed by atoms with van der Waals surface area (Å²) in [7, 11) is 1.55. The van der Waals surface area contributed by atoms with Crippen LogP contribution in [0.3, 0.4) is 0 Å². The van der Waals surface area contributed by atoms with Gasteiger partial charge in [-0.05, 0) is 36.1 Å². The number of carbonyl (C=O) groups excluding carboxylic acids is 1. The van der Waals surface area contributed by atoms with Gasteiger partial charge in [-0.1, -0.05) is 37.3 Å². The van der Waals surface area contributed by atoms with Crippen molar-refractivity contribution in [1.82, 2.24) is 14.5 Å². The van der Waals surface area contributed by atoms with Gasteiger partial charge in [-0.2, -0.15) is 0 Å². The predicted molar refractivity (Wildman–Crippen MR) is 106 cm³/mol. The highest BCUT2D eigenvalue weighted by atomic mass is 16.5. The van der Waals surface area contributed by atoms with Crippen LogP contribution in [0, 0.1) is 0 Å². The first-order chi connectivity index (χ1) is 13.2. The fraction of sp³-hybridized carbons (Fsp3) is 0.190. The number of pyridine rings is 1. The van der Waals surface area contributed by atoms with Gasteiger partial charge >= 0.3 is 0 Å². The van der Waals surface area contributed by atoms with E-state index in [1.807, 2.05) is 53.1 Å². The molecule has 0 atom stereocenters. The number of hydrogen-bond donors (Lipinski definition) is 1.